The van der Waals surface area contributed by atoms with E-state index in [4.69, 9.17) is 17.3 Å². The van der Waals surface area contributed by atoms with Crippen LogP contribution in [0.3, 0.4) is 0 Å². The van der Waals surface area contributed by atoms with Gasteiger partial charge in [-0.05, 0) is 43.1 Å². The van der Waals surface area contributed by atoms with Crippen LogP contribution in [0.1, 0.15) is 18.4 Å². The molecule has 19 heavy (non-hydrogen) atoms. The van der Waals surface area contributed by atoms with Crippen molar-refractivity contribution in [3.8, 4) is 0 Å². The molecule has 0 spiro atoms. The molecule has 1 unspecified atom stereocenters. The minimum Gasteiger partial charge on any atom is -0.399 e. The molecule has 0 radical (unpaired) electrons. The predicted molar refractivity (Wildman–Crippen MR) is 69.9 cm³/mol. The van der Waals surface area contributed by atoms with Crippen LogP contribution in [-0.4, -0.2) is 24.2 Å². The molecule has 1 aromatic carbocycles. The van der Waals surface area contributed by atoms with Gasteiger partial charge in [0, 0.05) is 23.8 Å². The predicted octanol–water partition coefficient (Wildman–Crippen LogP) is 3.70. The maximum absolute atomic E-state index is 12.7. The van der Waals surface area contributed by atoms with Crippen molar-refractivity contribution in [3.63, 3.8) is 0 Å². The first-order valence-corrected chi connectivity index (χ1v) is 6.56. The van der Waals surface area contributed by atoms with E-state index in [2.05, 4.69) is 0 Å². The van der Waals surface area contributed by atoms with Crippen LogP contribution in [-0.2, 0) is 6.54 Å². The van der Waals surface area contributed by atoms with Gasteiger partial charge >= 0.3 is 6.18 Å². The Balaban J connectivity index is 2.02. The van der Waals surface area contributed by atoms with Gasteiger partial charge in [0.2, 0.25) is 0 Å². The summed E-state index contributed by atoms with van der Waals surface area (Å²) in [7, 11) is 0. The number of halogens is 4. The molecule has 1 aromatic rings. The second-order valence-corrected chi connectivity index (χ2v) is 5.45. The molecule has 0 saturated carbocycles. The number of anilines is 1. The van der Waals surface area contributed by atoms with Gasteiger partial charge in [-0.25, -0.2) is 0 Å². The molecule has 1 heterocycles. The highest BCUT2D eigenvalue weighted by atomic mass is 35.5. The standard InChI is InChI=1S/C13H16ClF3N2/c14-11-4-9(5-12(18)6-11)7-19-3-1-2-10(8-19)13(15,16)17/h4-6,10H,1-3,7-8,18H2. The molecule has 2 nitrogen and oxygen atoms in total. The van der Waals surface area contributed by atoms with Gasteiger partial charge in [-0.2, -0.15) is 13.2 Å². The van der Waals surface area contributed by atoms with Crippen molar-refractivity contribution < 1.29 is 13.2 Å². The maximum atomic E-state index is 12.7. The smallest absolute Gasteiger partial charge is 0.393 e. The first-order chi connectivity index (χ1) is 8.84. The summed E-state index contributed by atoms with van der Waals surface area (Å²) in [6, 6.07) is 5.12. The van der Waals surface area contributed by atoms with Crippen molar-refractivity contribution in [2.45, 2.75) is 25.6 Å². The summed E-state index contributed by atoms with van der Waals surface area (Å²) in [6.07, 6.45) is -3.32. The van der Waals surface area contributed by atoms with Crippen LogP contribution in [0.2, 0.25) is 5.02 Å². The Labute approximate surface area is 115 Å². The number of nitrogens with zero attached hydrogens (tertiary/aromatic N) is 1. The second kappa shape index (κ2) is 5.59. The molecule has 0 aromatic heterocycles. The molecular formula is C13H16ClF3N2. The SMILES string of the molecule is Nc1cc(Cl)cc(CN2CCCC(C(F)(F)F)C2)c1. The lowest BCUT2D eigenvalue weighted by Gasteiger charge is -2.33. The van der Waals surface area contributed by atoms with Crippen LogP contribution in [0.4, 0.5) is 18.9 Å². The number of benzene rings is 1. The molecule has 2 N–H and O–H groups in total. The largest absolute Gasteiger partial charge is 0.399 e. The summed E-state index contributed by atoms with van der Waals surface area (Å²) >= 11 is 5.89. The molecule has 1 atom stereocenters. The number of nitrogens with two attached hydrogens (primary N) is 1. The van der Waals surface area contributed by atoms with Crippen LogP contribution in [0.25, 0.3) is 0 Å². The monoisotopic (exact) mass is 292 g/mol. The summed E-state index contributed by atoms with van der Waals surface area (Å²) in [5, 5.41) is 0.513. The molecule has 1 saturated heterocycles. The van der Waals surface area contributed by atoms with E-state index in [-0.39, 0.29) is 13.0 Å². The van der Waals surface area contributed by atoms with Crippen molar-refractivity contribution in [3.05, 3.63) is 28.8 Å². The highest BCUT2D eigenvalue weighted by molar-refractivity contribution is 6.30. The average molecular weight is 293 g/mol. The van der Waals surface area contributed by atoms with Gasteiger partial charge in [-0.1, -0.05) is 11.6 Å². The number of nitrogen functional groups attached to an aromatic ring is 1. The molecule has 1 fully saturated rings. The number of piperidine rings is 1. The van der Waals surface area contributed by atoms with Crippen LogP contribution >= 0.6 is 11.6 Å². The summed E-state index contributed by atoms with van der Waals surface area (Å²) in [4.78, 5) is 1.81. The van der Waals surface area contributed by atoms with Crippen molar-refractivity contribution in [1.82, 2.24) is 4.90 Å². The molecule has 0 bridgehead atoms. The topological polar surface area (TPSA) is 29.3 Å². The van der Waals surface area contributed by atoms with Gasteiger partial charge in [0.15, 0.2) is 0 Å². The Hall–Kier alpha value is -0.940. The Morgan fingerprint density at radius 2 is 2.05 bits per heavy atom. The molecule has 6 heteroatoms. The molecule has 0 amide bonds. The third kappa shape index (κ3) is 4.01. The van der Waals surface area contributed by atoms with E-state index in [0.29, 0.717) is 30.2 Å². The summed E-state index contributed by atoms with van der Waals surface area (Å²) in [5.41, 5.74) is 7.07. The van der Waals surface area contributed by atoms with Gasteiger partial charge in [-0.3, -0.25) is 4.90 Å². The second-order valence-electron chi connectivity index (χ2n) is 5.01. The van der Waals surface area contributed by atoms with Crippen LogP contribution < -0.4 is 5.73 Å². The third-order valence-electron chi connectivity index (χ3n) is 3.35. The number of rotatable bonds is 2. The Morgan fingerprint density at radius 1 is 1.32 bits per heavy atom. The molecule has 0 aliphatic carbocycles. The van der Waals surface area contributed by atoms with Gasteiger partial charge in [0.1, 0.15) is 0 Å². The number of hydrogen-bond donors (Lipinski definition) is 1. The number of likely N-dealkylation sites (tertiary alicyclic amines) is 1. The van der Waals surface area contributed by atoms with E-state index >= 15 is 0 Å². The van der Waals surface area contributed by atoms with Crippen LogP contribution in [0, 0.1) is 5.92 Å². The fourth-order valence-corrected chi connectivity index (χ4v) is 2.76. The van der Waals surface area contributed by atoms with Gasteiger partial charge in [0.25, 0.3) is 0 Å². The fraction of sp³-hybridized carbons (Fsp3) is 0.538. The van der Waals surface area contributed by atoms with Gasteiger partial charge < -0.3 is 5.73 Å². The lowest BCUT2D eigenvalue weighted by atomic mass is 9.97. The Kier molecular flexibility index (Phi) is 4.26. The molecule has 1 aliphatic heterocycles. The minimum absolute atomic E-state index is 0.0515. The van der Waals surface area contributed by atoms with Crippen LogP contribution in [0.5, 0.6) is 0 Å². The van der Waals surface area contributed by atoms with Gasteiger partial charge in [-0.15, -0.1) is 0 Å². The van der Waals surface area contributed by atoms with Crippen LogP contribution in [0.15, 0.2) is 18.2 Å². The zero-order valence-electron chi connectivity index (χ0n) is 10.4. The summed E-state index contributed by atoms with van der Waals surface area (Å²) in [6.45, 7) is 1.19. The normalized spacial score (nSPS) is 21.6. The summed E-state index contributed by atoms with van der Waals surface area (Å²) in [5.74, 6) is -1.22. The van der Waals surface area contributed by atoms with E-state index in [9.17, 15) is 13.2 Å². The first kappa shape index (κ1) is 14.5. The first-order valence-electron chi connectivity index (χ1n) is 6.18. The molecule has 1 aliphatic rings. The fourth-order valence-electron chi connectivity index (χ4n) is 2.49. The van der Waals surface area contributed by atoms with Crippen molar-refractivity contribution >= 4 is 17.3 Å². The van der Waals surface area contributed by atoms with E-state index in [1.165, 1.54) is 0 Å². The van der Waals surface area contributed by atoms with Crippen molar-refractivity contribution in [2.75, 3.05) is 18.8 Å². The van der Waals surface area contributed by atoms with Crippen molar-refractivity contribution in [2.24, 2.45) is 5.92 Å². The molecular weight excluding hydrogens is 277 g/mol. The van der Waals surface area contributed by atoms with Gasteiger partial charge in [0.05, 0.1) is 5.92 Å². The molecule has 106 valence electrons. The highest BCUT2D eigenvalue weighted by Crippen LogP contribution is 2.33. The zero-order chi connectivity index (χ0) is 14.0. The van der Waals surface area contributed by atoms with E-state index < -0.39 is 12.1 Å². The minimum atomic E-state index is -4.11. The average Bonchev–Trinajstić information content (AvgIpc) is 2.26. The summed E-state index contributed by atoms with van der Waals surface area (Å²) < 4.78 is 38.1. The Bertz CT molecular complexity index is 428. The van der Waals surface area contributed by atoms with E-state index in [0.717, 1.165) is 5.56 Å². The molecule has 2 rings (SSSR count). The maximum Gasteiger partial charge on any atom is 0.393 e. The third-order valence-corrected chi connectivity index (χ3v) is 3.57. The number of alkyl halides is 3. The number of hydrogen-bond acceptors (Lipinski definition) is 2. The quantitative estimate of drug-likeness (QED) is 0.842. The van der Waals surface area contributed by atoms with E-state index in [1.807, 2.05) is 4.90 Å². The van der Waals surface area contributed by atoms with Crippen molar-refractivity contribution in [1.29, 1.82) is 0 Å². The lowest BCUT2D eigenvalue weighted by molar-refractivity contribution is -0.187. The zero-order valence-corrected chi connectivity index (χ0v) is 11.1. The Morgan fingerprint density at radius 3 is 2.68 bits per heavy atom. The highest BCUT2D eigenvalue weighted by Gasteiger charge is 2.41. The lowest BCUT2D eigenvalue weighted by Crippen LogP contribution is -2.41. The van der Waals surface area contributed by atoms with E-state index in [1.54, 1.807) is 18.2 Å².